The molecule has 0 aromatic carbocycles. The first-order valence-electron chi connectivity index (χ1n) is 28.2. The van der Waals surface area contributed by atoms with Gasteiger partial charge in [-0.15, -0.1) is 0 Å². The highest BCUT2D eigenvalue weighted by Crippen LogP contribution is 2.18. The lowest BCUT2D eigenvalue weighted by Crippen LogP contribution is -2.46. The molecule has 3 atom stereocenters. The molecule has 0 aliphatic rings. The standard InChI is InChI=1S/C60H107NO5/c1-4-7-10-13-16-19-22-25-27-29-31-34-37-40-43-46-49-52-58(63)57(55-62)61-59(64)54-56(51-48-45-42-39-36-33-24-21-18-15-12-9-6-3)66-60(65)53-50-47-44-41-38-35-32-30-28-26-23-20-17-14-11-8-5-2/h9,12,15,17-18,20-21,24,26,28,33,36,56-58,62-63H,4-8,10-11,13-14,16,19,22-23,25,27,29-32,34-35,37-55H2,1-3H3,(H,61,64)/b12-9+,18-15+,20-17-,24-21+,28-26-,36-33-. The molecule has 0 aromatic heterocycles. The molecule has 0 fully saturated rings. The zero-order chi connectivity index (χ0) is 48.1. The predicted molar refractivity (Wildman–Crippen MR) is 287 cm³/mol. The number of nitrogens with one attached hydrogen (secondary N) is 1. The summed E-state index contributed by atoms with van der Waals surface area (Å²) in [6, 6.07) is -0.720. The van der Waals surface area contributed by atoms with Crippen molar-refractivity contribution in [3.8, 4) is 0 Å². The topological polar surface area (TPSA) is 95.9 Å². The fraction of sp³-hybridized carbons (Fsp3) is 0.767. The molecule has 3 unspecified atom stereocenters. The van der Waals surface area contributed by atoms with Gasteiger partial charge in [-0.1, -0.05) is 254 Å². The zero-order valence-electron chi connectivity index (χ0n) is 43.6. The number of aliphatic hydroxyl groups excluding tert-OH is 2. The zero-order valence-corrected chi connectivity index (χ0v) is 43.6. The molecule has 0 aliphatic heterocycles. The van der Waals surface area contributed by atoms with E-state index in [4.69, 9.17) is 4.74 Å². The average Bonchev–Trinajstić information content (AvgIpc) is 3.31. The van der Waals surface area contributed by atoms with Crippen LogP contribution in [-0.4, -0.2) is 46.9 Å². The third-order valence-electron chi connectivity index (χ3n) is 12.6. The maximum atomic E-state index is 13.2. The second-order valence-electron chi connectivity index (χ2n) is 19.0. The van der Waals surface area contributed by atoms with Crippen LogP contribution in [0.5, 0.6) is 0 Å². The van der Waals surface area contributed by atoms with Gasteiger partial charge in [-0.3, -0.25) is 9.59 Å². The summed E-state index contributed by atoms with van der Waals surface area (Å²) in [6.45, 7) is 6.33. The summed E-state index contributed by atoms with van der Waals surface area (Å²) in [5.74, 6) is -0.519. The van der Waals surface area contributed by atoms with Gasteiger partial charge in [0.15, 0.2) is 0 Å². The van der Waals surface area contributed by atoms with Crippen LogP contribution in [0.3, 0.4) is 0 Å². The number of hydrogen-bond acceptors (Lipinski definition) is 5. The van der Waals surface area contributed by atoms with Crippen LogP contribution in [-0.2, 0) is 14.3 Å². The molecule has 1 amide bonds. The van der Waals surface area contributed by atoms with Gasteiger partial charge >= 0.3 is 5.97 Å². The first kappa shape index (κ1) is 63.3. The van der Waals surface area contributed by atoms with E-state index in [1.807, 2.05) is 24.3 Å². The highest BCUT2D eigenvalue weighted by Gasteiger charge is 2.24. The monoisotopic (exact) mass is 922 g/mol. The van der Waals surface area contributed by atoms with Crippen molar-refractivity contribution in [2.45, 2.75) is 289 Å². The van der Waals surface area contributed by atoms with Crippen LogP contribution in [0.15, 0.2) is 72.9 Å². The number of hydrogen-bond donors (Lipinski definition) is 3. The van der Waals surface area contributed by atoms with Gasteiger partial charge in [-0.2, -0.15) is 0 Å². The number of rotatable bonds is 50. The van der Waals surface area contributed by atoms with E-state index in [1.54, 1.807) is 0 Å². The molecule has 0 spiro atoms. The number of ether oxygens (including phenoxy) is 1. The number of amides is 1. The molecule has 0 aromatic rings. The first-order valence-corrected chi connectivity index (χ1v) is 28.2. The summed E-state index contributed by atoms with van der Waals surface area (Å²) in [6.07, 6.45) is 68.2. The molecule has 0 saturated heterocycles. The number of aliphatic hydroxyl groups is 2. The van der Waals surface area contributed by atoms with Crippen LogP contribution < -0.4 is 5.32 Å². The van der Waals surface area contributed by atoms with E-state index in [1.165, 1.54) is 141 Å². The third-order valence-corrected chi connectivity index (χ3v) is 12.6. The second-order valence-corrected chi connectivity index (χ2v) is 19.0. The van der Waals surface area contributed by atoms with Crippen molar-refractivity contribution < 1.29 is 24.5 Å². The first-order chi connectivity index (χ1) is 32.5. The predicted octanol–water partition coefficient (Wildman–Crippen LogP) is 17.3. The van der Waals surface area contributed by atoms with E-state index in [0.29, 0.717) is 19.3 Å². The Bertz CT molecular complexity index is 1220. The smallest absolute Gasteiger partial charge is 0.306 e. The average molecular weight is 923 g/mol. The number of carbonyl (C=O) groups excluding carboxylic acids is 2. The summed E-state index contributed by atoms with van der Waals surface area (Å²) in [5, 5.41) is 23.9. The van der Waals surface area contributed by atoms with Gasteiger partial charge in [0.2, 0.25) is 5.91 Å². The van der Waals surface area contributed by atoms with E-state index >= 15 is 0 Å². The summed E-state index contributed by atoms with van der Waals surface area (Å²) in [7, 11) is 0. The largest absolute Gasteiger partial charge is 0.462 e. The van der Waals surface area contributed by atoms with Gasteiger partial charge < -0.3 is 20.3 Å². The molecule has 0 aliphatic carbocycles. The van der Waals surface area contributed by atoms with Crippen LogP contribution >= 0.6 is 0 Å². The van der Waals surface area contributed by atoms with Gasteiger partial charge in [0, 0.05) is 6.42 Å². The van der Waals surface area contributed by atoms with Crippen LogP contribution in [0.2, 0.25) is 0 Å². The minimum atomic E-state index is -0.803. The molecule has 0 bridgehead atoms. The Hall–Kier alpha value is -2.70. The SMILES string of the molecule is CC/C=C/C=C/C=C/C=C\CCCCCC(CC(=O)NC(CO)C(O)CCCCCCCCCCCCCCCCCCC)OC(=O)CCCCCCCCC/C=C\C/C=C\CCCCC. The van der Waals surface area contributed by atoms with Crippen molar-refractivity contribution >= 4 is 11.9 Å². The fourth-order valence-corrected chi connectivity index (χ4v) is 8.35. The molecule has 6 heteroatoms. The quantitative estimate of drug-likeness (QED) is 0.0244. The second kappa shape index (κ2) is 53.3. The molecule has 66 heavy (non-hydrogen) atoms. The highest BCUT2D eigenvalue weighted by atomic mass is 16.5. The molecular weight excluding hydrogens is 815 g/mol. The molecule has 0 heterocycles. The summed E-state index contributed by atoms with van der Waals surface area (Å²) in [5.41, 5.74) is 0. The minimum absolute atomic E-state index is 0.0463. The lowest BCUT2D eigenvalue weighted by molar-refractivity contribution is -0.151. The summed E-state index contributed by atoms with van der Waals surface area (Å²) < 4.78 is 5.93. The highest BCUT2D eigenvalue weighted by molar-refractivity contribution is 5.77. The Labute approximate surface area is 409 Å². The lowest BCUT2D eigenvalue weighted by Gasteiger charge is -2.24. The van der Waals surface area contributed by atoms with Gasteiger partial charge in [0.25, 0.3) is 0 Å². The molecule has 3 N–H and O–H groups in total. The Morgan fingerprint density at radius 3 is 1.41 bits per heavy atom. The Morgan fingerprint density at radius 1 is 0.470 bits per heavy atom. The maximum Gasteiger partial charge on any atom is 0.306 e. The number of unbranched alkanes of at least 4 members (excludes halogenated alkanes) is 29. The van der Waals surface area contributed by atoms with E-state index in [9.17, 15) is 19.8 Å². The van der Waals surface area contributed by atoms with Crippen LogP contribution in [0.1, 0.15) is 271 Å². The van der Waals surface area contributed by atoms with Crippen molar-refractivity contribution in [1.82, 2.24) is 5.32 Å². The van der Waals surface area contributed by atoms with Gasteiger partial charge in [0.05, 0.1) is 25.2 Å². The summed E-state index contributed by atoms with van der Waals surface area (Å²) in [4.78, 5) is 26.2. The Balaban J connectivity index is 4.56. The molecule has 0 rings (SSSR count). The normalized spacial score (nSPS) is 13.7. The van der Waals surface area contributed by atoms with Crippen LogP contribution in [0.25, 0.3) is 0 Å². The third kappa shape index (κ3) is 47.8. The van der Waals surface area contributed by atoms with E-state index in [0.717, 1.165) is 83.5 Å². The number of carbonyl (C=O) groups is 2. The van der Waals surface area contributed by atoms with Gasteiger partial charge in [0.1, 0.15) is 6.10 Å². The molecule has 6 nitrogen and oxygen atoms in total. The van der Waals surface area contributed by atoms with E-state index in [-0.39, 0.29) is 24.9 Å². The van der Waals surface area contributed by atoms with Gasteiger partial charge in [-0.05, 0) is 77.0 Å². The maximum absolute atomic E-state index is 13.2. The Morgan fingerprint density at radius 2 is 0.879 bits per heavy atom. The molecule has 0 saturated carbocycles. The number of esters is 1. The summed E-state index contributed by atoms with van der Waals surface area (Å²) >= 11 is 0. The van der Waals surface area contributed by atoms with Crippen molar-refractivity contribution in [2.75, 3.05) is 6.61 Å². The fourth-order valence-electron chi connectivity index (χ4n) is 8.35. The van der Waals surface area contributed by atoms with E-state index in [2.05, 4.69) is 74.7 Å². The molecular formula is C60H107NO5. The minimum Gasteiger partial charge on any atom is -0.462 e. The molecule has 0 radical (unpaired) electrons. The lowest BCUT2D eigenvalue weighted by atomic mass is 10.0. The van der Waals surface area contributed by atoms with Gasteiger partial charge in [-0.25, -0.2) is 0 Å². The van der Waals surface area contributed by atoms with Crippen molar-refractivity contribution in [1.29, 1.82) is 0 Å². The van der Waals surface area contributed by atoms with Crippen molar-refractivity contribution in [2.24, 2.45) is 0 Å². The van der Waals surface area contributed by atoms with E-state index < -0.39 is 18.2 Å². The molecule has 382 valence electrons. The van der Waals surface area contributed by atoms with Crippen LogP contribution in [0, 0.1) is 0 Å². The number of allylic oxidation sites excluding steroid dienone is 12. The van der Waals surface area contributed by atoms with Crippen molar-refractivity contribution in [3.05, 3.63) is 72.9 Å². The van der Waals surface area contributed by atoms with Crippen LogP contribution in [0.4, 0.5) is 0 Å². The van der Waals surface area contributed by atoms with Crippen molar-refractivity contribution in [3.63, 3.8) is 0 Å². The Kier molecular flexibility index (Phi) is 51.1.